The van der Waals surface area contributed by atoms with E-state index in [1.807, 2.05) is 37.3 Å². The van der Waals surface area contributed by atoms with E-state index in [9.17, 15) is 8.42 Å². The normalized spacial score (nSPS) is 11.6. The molecule has 0 saturated carbocycles. The molecule has 1 heterocycles. The molecule has 0 aliphatic rings. The summed E-state index contributed by atoms with van der Waals surface area (Å²) in [6.07, 6.45) is 1.58. The summed E-state index contributed by atoms with van der Waals surface area (Å²) < 4.78 is 26.8. The molecule has 7 heteroatoms. The molecule has 3 rings (SSSR count). The van der Waals surface area contributed by atoms with Gasteiger partial charge in [-0.05, 0) is 31.2 Å². The van der Waals surface area contributed by atoms with Crippen molar-refractivity contribution in [1.29, 1.82) is 0 Å². The molecule has 124 valence electrons. The number of nitrogens with zero attached hydrogens (tertiary/aromatic N) is 2. The fraction of sp³-hybridized carbons (Fsp3) is 0.118. The Bertz CT molecular complexity index is 934. The zero-order chi connectivity index (χ0) is 17.2. The molecule has 0 spiro atoms. The van der Waals surface area contributed by atoms with Gasteiger partial charge in [-0.3, -0.25) is 0 Å². The third-order valence-corrected chi connectivity index (χ3v) is 6.47. The van der Waals surface area contributed by atoms with Crippen LogP contribution >= 0.6 is 24.4 Å². The Labute approximate surface area is 151 Å². The minimum atomic E-state index is -3.73. The Hall–Kier alpha value is -1.70. The van der Waals surface area contributed by atoms with Crippen molar-refractivity contribution in [3.8, 4) is 0 Å². The van der Waals surface area contributed by atoms with Crippen LogP contribution in [0.3, 0.4) is 0 Å². The van der Waals surface area contributed by atoms with Crippen molar-refractivity contribution >= 4 is 34.4 Å². The summed E-state index contributed by atoms with van der Waals surface area (Å²) in [6.45, 7) is 1.91. The van der Waals surface area contributed by atoms with Gasteiger partial charge in [0.2, 0.25) is 0 Å². The molecule has 0 N–H and O–H groups in total. The first-order valence-electron chi connectivity index (χ1n) is 7.25. The van der Waals surface area contributed by atoms with Gasteiger partial charge in [-0.1, -0.05) is 47.7 Å². The number of thiol groups is 1. The molecule has 0 amide bonds. The third-order valence-electron chi connectivity index (χ3n) is 3.46. The van der Waals surface area contributed by atoms with Crippen LogP contribution in [0, 0.1) is 6.92 Å². The zero-order valence-electron chi connectivity index (χ0n) is 13.0. The Morgan fingerprint density at radius 2 is 1.75 bits per heavy atom. The highest BCUT2D eigenvalue weighted by Crippen LogP contribution is 2.32. The van der Waals surface area contributed by atoms with Gasteiger partial charge >= 0.3 is 0 Å². The van der Waals surface area contributed by atoms with E-state index in [1.54, 1.807) is 30.5 Å². The molecule has 0 fully saturated rings. The predicted octanol–water partition coefficient (Wildman–Crippen LogP) is 4.01. The second kappa shape index (κ2) is 7.04. The van der Waals surface area contributed by atoms with Crippen molar-refractivity contribution in [3.05, 3.63) is 72.1 Å². The van der Waals surface area contributed by atoms with Crippen LogP contribution in [-0.4, -0.2) is 17.6 Å². The Kier molecular flexibility index (Phi) is 5.03. The number of hydrogen-bond acceptors (Lipinski definition) is 5. The quantitative estimate of drug-likeness (QED) is 0.684. The molecule has 0 aliphatic heterocycles. The van der Waals surface area contributed by atoms with Gasteiger partial charge in [-0.2, -0.15) is 30.2 Å². The molecule has 24 heavy (non-hydrogen) atoms. The SMILES string of the molecule is Cc1ccc(S(=O)(=O)n2ncc(Sc3ccccc3)c2CS)cc1. The molecule has 0 radical (unpaired) electrons. The maximum absolute atomic E-state index is 12.8. The van der Waals surface area contributed by atoms with Crippen molar-refractivity contribution in [1.82, 2.24) is 9.19 Å². The first-order valence-corrected chi connectivity index (χ1v) is 10.1. The zero-order valence-corrected chi connectivity index (χ0v) is 15.5. The van der Waals surface area contributed by atoms with Gasteiger partial charge in [0.1, 0.15) is 0 Å². The van der Waals surface area contributed by atoms with Gasteiger partial charge < -0.3 is 0 Å². The molecule has 0 saturated heterocycles. The summed E-state index contributed by atoms with van der Waals surface area (Å²) in [7, 11) is -3.73. The number of aromatic nitrogens is 2. The maximum Gasteiger partial charge on any atom is 0.283 e. The van der Waals surface area contributed by atoms with Crippen molar-refractivity contribution in [2.24, 2.45) is 0 Å². The van der Waals surface area contributed by atoms with Crippen LogP contribution < -0.4 is 0 Å². The summed E-state index contributed by atoms with van der Waals surface area (Å²) in [5, 5.41) is 4.11. The third kappa shape index (κ3) is 3.38. The summed E-state index contributed by atoms with van der Waals surface area (Å²) in [4.78, 5) is 2.02. The molecule has 0 bridgehead atoms. The van der Waals surface area contributed by atoms with Crippen LogP contribution in [0.15, 0.2) is 75.5 Å². The van der Waals surface area contributed by atoms with E-state index in [1.165, 1.54) is 11.8 Å². The largest absolute Gasteiger partial charge is 0.283 e. The second-order valence-electron chi connectivity index (χ2n) is 5.19. The molecule has 3 aromatic rings. The van der Waals surface area contributed by atoms with Crippen LogP contribution in [0.1, 0.15) is 11.3 Å². The van der Waals surface area contributed by atoms with Gasteiger partial charge in [-0.15, -0.1) is 0 Å². The Morgan fingerprint density at radius 1 is 1.08 bits per heavy atom. The average molecular weight is 377 g/mol. The van der Waals surface area contributed by atoms with Crippen molar-refractivity contribution in [3.63, 3.8) is 0 Å². The fourth-order valence-corrected chi connectivity index (χ4v) is 4.99. The van der Waals surface area contributed by atoms with Gasteiger partial charge in [0.25, 0.3) is 10.0 Å². The lowest BCUT2D eigenvalue weighted by Gasteiger charge is -2.09. The van der Waals surface area contributed by atoms with E-state index >= 15 is 0 Å². The number of aryl methyl sites for hydroxylation is 1. The van der Waals surface area contributed by atoms with Crippen LogP contribution in [0.4, 0.5) is 0 Å². The standard InChI is InChI=1S/C17H16N2O2S3/c1-13-7-9-15(10-8-13)24(20,21)19-16(12-22)17(11-18-19)23-14-5-3-2-4-6-14/h2-11,22H,12H2,1H3. The summed E-state index contributed by atoms with van der Waals surface area (Å²) in [5.41, 5.74) is 1.57. The lowest BCUT2D eigenvalue weighted by Crippen LogP contribution is -2.17. The smallest absolute Gasteiger partial charge is 0.199 e. The first-order chi connectivity index (χ1) is 11.5. The number of hydrogen-bond donors (Lipinski definition) is 1. The average Bonchev–Trinajstić information content (AvgIpc) is 2.99. The molecule has 2 aromatic carbocycles. The van der Waals surface area contributed by atoms with Crippen molar-refractivity contribution < 1.29 is 8.42 Å². The van der Waals surface area contributed by atoms with Crippen LogP contribution in [-0.2, 0) is 15.8 Å². The summed E-state index contributed by atoms with van der Waals surface area (Å²) >= 11 is 5.78. The lowest BCUT2D eigenvalue weighted by atomic mass is 10.2. The minimum absolute atomic E-state index is 0.218. The minimum Gasteiger partial charge on any atom is -0.199 e. The maximum atomic E-state index is 12.8. The van der Waals surface area contributed by atoms with Crippen LogP contribution in [0.5, 0.6) is 0 Å². The second-order valence-corrected chi connectivity index (χ2v) is 8.39. The Balaban J connectivity index is 2.01. The van der Waals surface area contributed by atoms with E-state index < -0.39 is 10.0 Å². The summed E-state index contributed by atoms with van der Waals surface area (Å²) in [5.74, 6) is 0.278. The number of benzene rings is 2. The number of rotatable bonds is 5. The van der Waals surface area contributed by atoms with Gasteiger partial charge in [0.05, 0.1) is 21.7 Å². The highest BCUT2D eigenvalue weighted by atomic mass is 32.2. The first kappa shape index (κ1) is 17.1. The predicted molar refractivity (Wildman–Crippen MR) is 99.2 cm³/mol. The molecule has 0 unspecified atom stereocenters. The van der Waals surface area contributed by atoms with Gasteiger partial charge in [-0.25, -0.2) is 0 Å². The van der Waals surface area contributed by atoms with Crippen molar-refractivity contribution in [2.75, 3.05) is 0 Å². The van der Waals surface area contributed by atoms with Gasteiger partial charge in [0.15, 0.2) is 0 Å². The highest BCUT2D eigenvalue weighted by Gasteiger charge is 2.23. The van der Waals surface area contributed by atoms with Crippen LogP contribution in [0.25, 0.3) is 0 Å². The van der Waals surface area contributed by atoms with E-state index in [-0.39, 0.29) is 10.6 Å². The van der Waals surface area contributed by atoms with E-state index in [0.717, 1.165) is 19.4 Å². The van der Waals surface area contributed by atoms with E-state index in [2.05, 4.69) is 17.7 Å². The van der Waals surface area contributed by atoms with Gasteiger partial charge in [0, 0.05) is 10.6 Å². The Morgan fingerprint density at radius 3 is 2.38 bits per heavy atom. The summed E-state index contributed by atoms with van der Waals surface area (Å²) in [6, 6.07) is 16.5. The monoisotopic (exact) mass is 376 g/mol. The van der Waals surface area contributed by atoms with Crippen molar-refractivity contribution in [2.45, 2.75) is 27.4 Å². The highest BCUT2D eigenvalue weighted by molar-refractivity contribution is 7.99. The topological polar surface area (TPSA) is 52.0 Å². The molecular formula is C17H16N2O2S3. The molecule has 1 aromatic heterocycles. The lowest BCUT2D eigenvalue weighted by molar-refractivity contribution is 0.578. The molecule has 0 aliphatic carbocycles. The van der Waals surface area contributed by atoms with E-state index in [4.69, 9.17) is 0 Å². The fourth-order valence-electron chi connectivity index (χ4n) is 2.20. The molecular weight excluding hydrogens is 360 g/mol. The van der Waals surface area contributed by atoms with Crippen LogP contribution in [0.2, 0.25) is 0 Å². The molecule has 4 nitrogen and oxygen atoms in total. The molecule has 0 atom stereocenters. The van der Waals surface area contributed by atoms with E-state index in [0.29, 0.717) is 5.69 Å².